The predicted molar refractivity (Wildman–Crippen MR) is 131 cm³/mol. The SMILES string of the molecule is Cc1cnc(NC(=O)Cc2cc(O[C@@H](C)Cc3ccccc3)cc(Cn3ncccc3=O)n2)s1. The zero-order chi connectivity index (χ0) is 23.9. The Bertz CT molecular complexity index is 1320. The molecule has 0 fully saturated rings. The molecule has 1 N–H and O–H groups in total. The molecule has 0 spiro atoms. The largest absolute Gasteiger partial charge is 0.490 e. The highest BCUT2D eigenvalue weighted by molar-refractivity contribution is 7.15. The number of anilines is 1. The molecule has 34 heavy (non-hydrogen) atoms. The van der Waals surface area contributed by atoms with Gasteiger partial charge in [0.15, 0.2) is 5.13 Å². The van der Waals surface area contributed by atoms with E-state index in [1.807, 2.05) is 32.0 Å². The summed E-state index contributed by atoms with van der Waals surface area (Å²) >= 11 is 1.41. The van der Waals surface area contributed by atoms with Crippen LogP contribution in [0.2, 0.25) is 0 Å². The first-order valence-corrected chi connectivity index (χ1v) is 11.7. The second kappa shape index (κ2) is 10.8. The Labute approximate surface area is 201 Å². The van der Waals surface area contributed by atoms with Gasteiger partial charge in [0, 0.05) is 41.9 Å². The van der Waals surface area contributed by atoms with E-state index in [-0.39, 0.29) is 30.5 Å². The molecule has 8 nitrogen and oxygen atoms in total. The molecule has 0 radical (unpaired) electrons. The van der Waals surface area contributed by atoms with Gasteiger partial charge in [-0.3, -0.25) is 14.6 Å². The lowest BCUT2D eigenvalue weighted by molar-refractivity contribution is -0.115. The van der Waals surface area contributed by atoms with Crippen LogP contribution >= 0.6 is 11.3 Å². The van der Waals surface area contributed by atoms with Crippen LogP contribution in [-0.2, 0) is 24.2 Å². The summed E-state index contributed by atoms with van der Waals surface area (Å²) in [5.41, 5.74) is 2.06. The molecule has 0 unspecified atom stereocenters. The van der Waals surface area contributed by atoms with Gasteiger partial charge in [-0.25, -0.2) is 9.67 Å². The fourth-order valence-corrected chi connectivity index (χ4v) is 4.16. The summed E-state index contributed by atoms with van der Waals surface area (Å²) in [4.78, 5) is 34.5. The molecule has 3 aromatic heterocycles. The summed E-state index contributed by atoms with van der Waals surface area (Å²) in [5, 5.41) is 7.46. The Balaban J connectivity index is 1.54. The second-order valence-corrected chi connectivity index (χ2v) is 9.16. The summed E-state index contributed by atoms with van der Waals surface area (Å²) in [6.07, 6.45) is 3.94. The minimum Gasteiger partial charge on any atom is -0.490 e. The summed E-state index contributed by atoms with van der Waals surface area (Å²) in [7, 11) is 0. The van der Waals surface area contributed by atoms with E-state index in [0.29, 0.717) is 22.3 Å². The molecule has 0 saturated carbocycles. The van der Waals surface area contributed by atoms with Crippen molar-refractivity contribution in [1.82, 2.24) is 19.7 Å². The van der Waals surface area contributed by atoms with Gasteiger partial charge in [0.25, 0.3) is 5.56 Å². The van der Waals surface area contributed by atoms with Crippen molar-refractivity contribution in [3.8, 4) is 5.75 Å². The monoisotopic (exact) mass is 475 g/mol. The Hall–Kier alpha value is -3.85. The number of benzene rings is 1. The fourth-order valence-electron chi connectivity index (χ4n) is 3.48. The fraction of sp³-hybridized carbons (Fsp3) is 0.240. The third kappa shape index (κ3) is 6.58. The highest BCUT2D eigenvalue weighted by Gasteiger charge is 2.13. The summed E-state index contributed by atoms with van der Waals surface area (Å²) in [6.45, 7) is 4.09. The number of hydrogen-bond donors (Lipinski definition) is 1. The number of thiazole rings is 1. The quantitative estimate of drug-likeness (QED) is 0.397. The van der Waals surface area contributed by atoms with Crippen molar-refractivity contribution < 1.29 is 9.53 Å². The lowest BCUT2D eigenvalue weighted by Gasteiger charge is -2.17. The number of aromatic nitrogens is 4. The van der Waals surface area contributed by atoms with Crippen LogP contribution in [0.1, 0.15) is 28.8 Å². The zero-order valence-electron chi connectivity index (χ0n) is 19.0. The molecule has 1 atom stereocenters. The molecular formula is C25H25N5O3S. The van der Waals surface area contributed by atoms with Gasteiger partial charge >= 0.3 is 0 Å². The van der Waals surface area contributed by atoms with E-state index < -0.39 is 0 Å². The van der Waals surface area contributed by atoms with Gasteiger partial charge in [-0.05, 0) is 25.5 Å². The number of nitrogens with zero attached hydrogens (tertiary/aromatic N) is 4. The molecule has 0 aliphatic carbocycles. The lowest BCUT2D eigenvalue weighted by atomic mass is 10.1. The first-order valence-electron chi connectivity index (χ1n) is 10.9. The van der Waals surface area contributed by atoms with Gasteiger partial charge < -0.3 is 10.1 Å². The van der Waals surface area contributed by atoms with Gasteiger partial charge in [0.2, 0.25) is 5.91 Å². The molecule has 4 aromatic rings. The maximum atomic E-state index is 12.6. The molecule has 4 rings (SSSR count). The lowest BCUT2D eigenvalue weighted by Crippen LogP contribution is -2.23. The number of amides is 1. The molecule has 0 saturated heterocycles. The molecule has 174 valence electrons. The Morgan fingerprint density at radius 1 is 1.15 bits per heavy atom. The van der Waals surface area contributed by atoms with Gasteiger partial charge in [-0.2, -0.15) is 5.10 Å². The predicted octanol–water partition coefficient (Wildman–Crippen LogP) is 3.64. The minimum absolute atomic E-state index is 0.0486. The van der Waals surface area contributed by atoms with Crippen LogP contribution in [-0.4, -0.2) is 31.8 Å². The van der Waals surface area contributed by atoms with Crippen LogP contribution in [0.25, 0.3) is 0 Å². The van der Waals surface area contributed by atoms with E-state index in [2.05, 4.69) is 32.5 Å². The first kappa shape index (κ1) is 23.3. The van der Waals surface area contributed by atoms with Crippen LogP contribution in [0.5, 0.6) is 5.75 Å². The van der Waals surface area contributed by atoms with E-state index in [1.54, 1.807) is 30.6 Å². The number of ether oxygens (including phenoxy) is 1. The number of hydrogen-bond acceptors (Lipinski definition) is 7. The first-order chi connectivity index (χ1) is 16.4. The molecule has 1 aromatic carbocycles. The maximum absolute atomic E-state index is 12.6. The normalized spacial score (nSPS) is 11.7. The number of pyridine rings is 1. The van der Waals surface area contributed by atoms with E-state index in [4.69, 9.17) is 4.74 Å². The van der Waals surface area contributed by atoms with Crippen LogP contribution in [0.3, 0.4) is 0 Å². The summed E-state index contributed by atoms with van der Waals surface area (Å²) in [6, 6.07) is 16.7. The third-order valence-electron chi connectivity index (χ3n) is 4.91. The zero-order valence-corrected chi connectivity index (χ0v) is 19.8. The van der Waals surface area contributed by atoms with Crippen molar-refractivity contribution in [3.05, 3.63) is 99.2 Å². The standard InChI is InChI=1S/C25H25N5O3S/c1-17(11-19-7-4-3-5-8-19)33-22-12-20(14-23(31)29-25-26-15-18(2)34-25)28-21(13-22)16-30-24(32)9-6-10-27-30/h3-10,12-13,15,17H,11,14,16H2,1-2H3,(H,26,29,31)/t17-/m0/s1. The van der Waals surface area contributed by atoms with Crippen LogP contribution < -0.4 is 15.6 Å². The second-order valence-electron chi connectivity index (χ2n) is 7.92. The Kier molecular flexibility index (Phi) is 7.44. The molecule has 0 aliphatic rings. The number of carbonyl (C=O) groups is 1. The highest BCUT2D eigenvalue weighted by atomic mass is 32.1. The van der Waals surface area contributed by atoms with E-state index in [0.717, 1.165) is 11.3 Å². The smallest absolute Gasteiger partial charge is 0.267 e. The molecule has 9 heteroatoms. The topological polar surface area (TPSA) is 99.0 Å². The molecule has 0 bridgehead atoms. The summed E-state index contributed by atoms with van der Waals surface area (Å²) in [5.74, 6) is 0.364. The number of aryl methyl sites for hydroxylation is 1. The van der Waals surface area contributed by atoms with Gasteiger partial charge in [0.05, 0.1) is 30.5 Å². The van der Waals surface area contributed by atoms with Crippen molar-refractivity contribution in [1.29, 1.82) is 0 Å². The number of carbonyl (C=O) groups excluding carboxylic acids is 1. The average molecular weight is 476 g/mol. The van der Waals surface area contributed by atoms with Crippen molar-refractivity contribution in [3.63, 3.8) is 0 Å². The average Bonchev–Trinajstić information content (AvgIpc) is 3.20. The molecule has 0 aliphatic heterocycles. The van der Waals surface area contributed by atoms with E-state index in [9.17, 15) is 9.59 Å². The Morgan fingerprint density at radius 2 is 1.94 bits per heavy atom. The van der Waals surface area contributed by atoms with Crippen molar-refractivity contribution in [2.45, 2.75) is 39.3 Å². The highest BCUT2D eigenvalue weighted by Crippen LogP contribution is 2.20. The molecule has 3 heterocycles. The summed E-state index contributed by atoms with van der Waals surface area (Å²) < 4.78 is 7.50. The van der Waals surface area contributed by atoms with Crippen molar-refractivity contribution in [2.24, 2.45) is 0 Å². The maximum Gasteiger partial charge on any atom is 0.267 e. The van der Waals surface area contributed by atoms with Gasteiger partial charge in [0.1, 0.15) is 5.75 Å². The van der Waals surface area contributed by atoms with Gasteiger partial charge in [-0.1, -0.05) is 30.3 Å². The van der Waals surface area contributed by atoms with Gasteiger partial charge in [-0.15, -0.1) is 11.3 Å². The Morgan fingerprint density at radius 3 is 2.68 bits per heavy atom. The van der Waals surface area contributed by atoms with Crippen LogP contribution in [0.4, 0.5) is 5.13 Å². The van der Waals surface area contributed by atoms with Crippen molar-refractivity contribution >= 4 is 22.4 Å². The minimum atomic E-state index is -0.230. The van der Waals surface area contributed by atoms with Crippen molar-refractivity contribution in [2.75, 3.05) is 5.32 Å². The van der Waals surface area contributed by atoms with Crippen LogP contribution in [0.15, 0.2) is 71.8 Å². The third-order valence-corrected chi connectivity index (χ3v) is 5.74. The number of rotatable bonds is 9. The van der Waals surface area contributed by atoms with E-state index >= 15 is 0 Å². The van der Waals surface area contributed by atoms with E-state index in [1.165, 1.54) is 27.6 Å². The molecule has 1 amide bonds. The molecular weight excluding hydrogens is 450 g/mol. The number of nitrogens with one attached hydrogen (secondary N) is 1. The van der Waals surface area contributed by atoms with Crippen LogP contribution in [0, 0.1) is 6.92 Å².